The number of methoxy groups -OCH3 is 1. The van der Waals surface area contributed by atoms with E-state index < -0.39 is 0 Å². The lowest BCUT2D eigenvalue weighted by Gasteiger charge is -2.22. The number of hydrogen-bond donors (Lipinski definition) is 1. The Morgan fingerprint density at radius 3 is 2.53 bits per heavy atom. The van der Waals surface area contributed by atoms with Gasteiger partial charge in [0.05, 0.1) is 6.61 Å². The van der Waals surface area contributed by atoms with Gasteiger partial charge in [0, 0.05) is 33.2 Å². The fraction of sp³-hybridized carbons (Fsp3) is 0.909. The van der Waals surface area contributed by atoms with Gasteiger partial charge in [0.15, 0.2) is 0 Å². The zero-order valence-electron chi connectivity index (χ0n) is 10.0. The van der Waals surface area contributed by atoms with Crippen molar-refractivity contribution in [3.8, 4) is 0 Å². The Morgan fingerprint density at radius 1 is 1.40 bits per heavy atom. The van der Waals surface area contributed by atoms with Crippen molar-refractivity contribution in [2.45, 2.75) is 26.7 Å². The SMILES string of the molecule is COCCCN(CCO)C(=O)CC(C)C. The number of amides is 1. The highest BCUT2D eigenvalue weighted by atomic mass is 16.5. The first-order valence-corrected chi connectivity index (χ1v) is 5.49. The van der Waals surface area contributed by atoms with Crippen LogP contribution in [0.4, 0.5) is 0 Å². The van der Waals surface area contributed by atoms with Crippen molar-refractivity contribution in [2.24, 2.45) is 5.92 Å². The molecule has 0 aromatic rings. The van der Waals surface area contributed by atoms with E-state index in [2.05, 4.69) is 0 Å². The lowest BCUT2D eigenvalue weighted by molar-refractivity contribution is -0.132. The molecule has 0 bridgehead atoms. The normalized spacial score (nSPS) is 10.7. The van der Waals surface area contributed by atoms with Gasteiger partial charge in [-0.25, -0.2) is 0 Å². The minimum absolute atomic E-state index is 0.0246. The van der Waals surface area contributed by atoms with E-state index in [9.17, 15) is 4.79 Å². The van der Waals surface area contributed by atoms with Crippen LogP contribution in [0.25, 0.3) is 0 Å². The van der Waals surface area contributed by atoms with Gasteiger partial charge < -0.3 is 14.7 Å². The van der Waals surface area contributed by atoms with Gasteiger partial charge in [0.1, 0.15) is 0 Å². The summed E-state index contributed by atoms with van der Waals surface area (Å²) in [5.41, 5.74) is 0. The van der Waals surface area contributed by atoms with Crippen LogP contribution in [0, 0.1) is 5.92 Å². The maximum absolute atomic E-state index is 11.7. The van der Waals surface area contributed by atoms with Crippen LogP contribution in [0.3, 0.4) is 0 Å². The summed E-state index contributed by atoms with van der Waals surface area (Å²) in [4.78, 5) is 13.4. The number of carbonyl (C=O) groups is 1. The minimum atomic E-state index is 0.0246. The molecule has 0 aliphatic carbocycles. The Balaban J connectivity index is 3.94. The second kappa shape index (κ2) is 8.68. The lowest BCUT2D eigenvalue weighted by atomic mass is 10.1. The molecule has 0 unspecified atom stereocenters. The first kappa shape index (κ1) is 14.4. The number of hydrogen-bond acceptors (Lipinski definition) is 3. The van der Waals surface area contributed by atoms with Crippen LogP contribution in [0.15, 0.2) is 0 Å². The number of rotatable bonds is 8. The van der Waals surface area contributed by atoms with E-state index in [0.717, 1.165) is 6.42 Å². The maximum atomic E-state index is 11.7. The van der Waals surface area contributed by atoms with Crippen molar-refractivity contribution in [1.29, 1.82) is 0 Å². The molecule has 0 spiro atoms. The van der Waals surface area contributed by atoms with Crippen molar-refractivity contribution in [1.82, 2.24) is 4.90 Å². The zero-order chi connectivity index (χ0) is 11.7. The molecule has 90 valence electrons. The average Bonchev–Trinajstić information content (AvgIpc) is 2.15. The molecule has 0 aliphatic rings. The van der Waals surface area contributed by atoms with E-state index in [0.29, 0.717) is 32.0 Å². The minimum Gasteiger partial charge on any atom is -0.395 e. The third-order valence-corrected chi connectivity index (χ3v) is 2.08. The van der Waals surface area contributed by atoms with E-state index in [1.54, 1.807) is 12.0 Å². The highest BCUT2D eigenvalue weighted by molar-refractivity contribution is 5.76. The molecule has 0 radical (unpaired) electrons. The number of nitrogens with zero attached hydrogens (tertiary/aromatic N) is 1. The van der Waals surface area contributed by atoms with Gasteiger partial charge in [-0.15, -0.1) is 0 Å². The largest absolute Gasteiger partial charge is 0.395 e. The van der Waals surface area contributed by atoms with Gasteiger partial charge in [-0.3, -0.25) is 4.79 Å². The van der Waals surface area contributed by atoms with Crippen LogP contribution in [0.5, 0.6) is 0 Å². The van der Waals surface area contributed by atoms with E-state index in [4.69, 9.17) is 9.84 Å². The Hall–Kier alpha value is -0.610. The fourth-order valence-electron chi connectivity index (χ4n) is 1.36. The van der Waals surface area contributed by atoms with Crippen molar-refractivity contribution in [3.63, 3.8) is 0 Å². The zero-order valence-corrected chi connectivity index (χ0v) is 10.0. The first-order valence-electron chi connectivity index (χ1n) is 5.49. The number of carbonyl (C=O) groups excluding carboxylic acids is 1. The molecule has 1 amide bonds. The molecular weight excluding hydrogens is 194 g/mol. The maximum Gasteiger partial charge on any atom is 0.222 e. The predicted molar refractivity (Wildman–Crippen MR) is 59.6 cm³/mol. The highest BCUT2D eigenvalue weighted by Crippen LogP contribution is 2.04. The van der Waals surface area contributed by atoms with Gasteiger partial charge in [0.25, 0.3) is 0 Å². The summed E-state index contributed by atoms with van der Waals surface area (Å²) in [6, 6.07) is 0. The molecule has 0 saturated carbocycles. The number of aliphatic hydroxyl groups is 1. The second-order valence-electron chi connectivity index (χ2n) is 4.05. The summed E-state index contributed by atoms with van der Waals surface area (Å²) in [5, 5.41) is 8.85. The first-order chi connectivity index (χ1) is 7.11. The average molecular weight is 217 g/mol. The van der Waals surface area contributed by atoms with Crippen LogP contribution >= 0.6 is 0 Å². The van der Waals surface area contributed by atoms with E-state index in [1.807, 2.05) is 13.8 Å². The smallest absolute Gasteiger partial charge is 0.222 e. The molecule has 4 heteroatoms. The van der Waals surface area contributed by atoms with Crippen molar-refractivity contribution >= 4 is 5.91 Å². The van der Waals surface area contributed by atoms with Crippen molar-refractivity contribution in [2.75, 3.05) is 33.4 Å². The number of ether oxygens (including phenoxy) is 1. The highest BCUT2D eigenvalue weighted by Gasteiger charge is 2.13. The standard InChI is InChI=1S/C11H23NO3/c1-10(2)9-11(14)12(6-7-13)5-4-8-15-3/h10,13H,4-9H2,1-3H3. The van der Waals surface area contributed by atoms with Crippen molar-refractivity contribution in [3.05, 3.63) is 0 Å². The molecule has 0 aliphatic heterocycles. The van der Waals surface area contributed by atoms with E-state index >= 15 is 0 Å². The topological polar surface area (TPSA) is 49.8 Å². The monoisotopic (exact) mass is 217 g/mol. The summed E-state index contributed by atoms with van der Waals surface area (Å²) in [6.45, 7) is 5.80. The van der Waals surface area contributed by atoms with Gasteiger partial charge in [-0.2, -0.15) is 0 Å². The Labute approximate surface area is 92.2 Å². The molecule has 0 saturated heterocycles. The summed E-state index contributed by atoms with van der Waals surface area (Å²) < 4.78 is 4.93. The Morgan fingerprint density at radius 2 is 2.07 bits per heavy atom. The van der Waals surface area contributed by atoms with Crippen molar-refractivity contribution < 1.29 is 14.6 Å². The molecule has 0 aromatic carbocycles. The molecule has 1 N–H and O–H groups in total. The molecule has 0 fully saturated rings. The molecular formula is C11H23NO3. The molecule has 0 aromatic heterocycles. The van der Waals surface area contributed by atoms with Crippen LogP contribution in [0.1, 0.15) is 26.7 Å². The van der Waals surface area contributed by atoms with Crippen LogP contribution in [-0.2, 0) is 9.53 Å². The third-order valence-electron chi connectivity index (χ3n) is 2.08. The van der Waals surface area contributed by atoms with Gasteiger partial charge in [-0.1, -0.05) is 13.8 Å². The molecule has 0 rings (SSSR count). The molecule has 4 nitrogen and oxygen atoms in total. The Kier molecular flexibility index (Phi) is 8.33. The quantitative estimate of drug-likeness (QED) is 0.614. The predicted octanol–water partition coefficient (Wildman–Crippen LogP) is 0.890. The van der Waals surface area contributed by atoms with E-state index in [-0.39, 0.29) is 12.5 Å². The summed E-state index contributed by atoms with van der Waals surface area (Å²) in [7, 11) is 1.65. The van der Waals surface area contributed by atoms with Gasteiger partial charge >= 0.3 is 0 Å². The summed E-state index contributed by atoms with van der Waals surface area (Å²) >= 11 is 0. The lowest BCUT2D eigenvalue weighted by Crippen LogP contribution is -2.35. The van der Waals surface area contributed by atoms with E-state index in [1.165, 1.54) is 0 Å². The number of aliphatic hydroxyl groups excluding tert-OH is 1. The molecule has 15 heavy (non-hydrogen) atoms. The van der Waals surface area contributed by atoms with Gasteiger partial charge in [0.2, 0.25) is 5.91 Å². The van der Waals surface area contributed by atoms with Crippen LogP contribution < -0.4 is 0 Å². The second-order valence-corrected chi connectivity index (χ2v) is 4.05. The molecule has 0 atom stereocenters. The third kappa shape index (κ3) is 7.33. The summed E-state index contributed by atoms with van der Waals surface area (Å²) in [6.07, 6.45) is 1.37. The fourth-order valence-corrected chi connectivity index (χ4v) is 1.36. The Bertz CT molecular complexity index is 171. The van der Waals surface area contributed by atoms with Crippen LogP contribution in [0.2, 0.25) is 0 Å². The van der Waals surface area contributed by atoms with Gasteiger partial charge in [-0.05, 0) is 12.3 Å². The van der Waals surface area contributed by atoms with Crippen LogP contribution in [-0.4, -0.2) is 49.3 Å². The molecule has 0 heterocycles. The summed E-state index contributed by atoms with van der Waals surface area (Å²) in [5.74, 6) is 0.483.